The van der Waals surface area contributed by atoms with E-state index in [2.05, 4.69) is 79.7 Å². The SMILES string of the molecule is CCCc1cc(C(C)(C)c2cc(CCC)c(CCC)c(CCC)c2)cc(CCC)c1CCC. The Bertz CT molecular complexity index is 742. The first kappa shape index (κ1) is 27.7. The molecule has 0 aromatic heterocycles. The molecule has 0 saturated carbocycles. The molecule has 2 rings (SSSR count). The van der Waals surface area contributed by atoms with Gasteiger partial charge in [0.15, 0.2) is 0 Å². The average molecular weight is 449 g/mol. The number of aryl methyl sites for hydroxylation is 4. The topological polar surface area (TPSA) is 0 Å². The van der Waals surface area contributed by atoms with Gasteiger partial charge < -0.3 is 0 Å². The fourth-order valence-electron chi connectivity index (χ4n) is 5.60. The van der Waals surface area contributed by atoms with Gasteiger partial charge in [0.05, 0.1) is 0 Å². The molecule has 0 radical (unpaired) electrons. The van der Waals surface area contributed by atoms with E-state index in [1.54, 1.807) is 33.4 Å². The maximum atomic E-state index is 2.58. The summed E-state index contributed by atoms with van der Waals surface area (Å²) in [6.45, 7) is 18.9. The second kappa shape index (κ2) is 13.4. The summed E-state index contributed by atoms with van der Waals surface area (Å²) in [4.78, 5) is 0. The molecule has 0 nitrogen and oxygen atoms in total. The quantitative estimate of drug-likeness (QED) is 0.270. The summed E-state index contributed by atoms with van der Waals surface area (Å²) < 4.78 is 0. The first-order valence-electron chi connectivity index (χ1n) is 14.2. The van der Waals surface area contributed by atoms with E-state index < -0.39 is 0 Å². The lowest BCUT2D eigenvalue weighted by Crippen LogP contribution is -2.22. The molecule has 0 unspecified atom stereocenters. The molecule has 33 heavy (non-hydrogen) atoms. The highest BCUT2D eigenvalue weighted by atomic mass is 14.3. The van der Waals surface area contributed by atoms with Crippen LogP contribution in [0.25, 0.3) is 0 Å². The number of benzene rings is 2. The van der Waals surface area contributed by atoms with Crippen LogP contribution in [0.5, 0.6) is 0 Å². The smallest absolute Gasteiger partial charge is 0.0146 e. The lowest BCUT2D eigenvalue weighted by molar-refractivity contribution is 0.631. The molecule has 0 atom stereocenters. The van der Waals surface area contributed by atoms with Crippen molar-refractivity contribution in [1.82, 2.24) is 0 Å². The van der Waals surface area contributed by atoms with Gasteiger partial charge in [-0.25, -0.2) is 0 Å². The zero-order valence-electron chi connectivity index (χ0n) is 23.3. The molecule has 0 spiro atoms. The van der Waals surface area contributed by atoms with Crippen LogP contribution in [0.4, 0.5) is 0 Å². The number of rotatable bonds is 14. The van der Waals surface area contributed by atoms with E-state index in [1.807, 2.05) is 0 Å². The minimum absolute atomic E-state index is 0.0193. The molecular weight excluding hydrogens is 396 g/mol. The van der Waals surface area contributed by atoms with Crippen molar-refractivity contribution >= 4 is 0 Å². The van der Waals surface area contributed by atoms with Crippen molar-refractivity contribution in [3.63, 3.8) is 0 Å². The van der Waals surface area contributed by atoms with Gasteiger partial charge in [-0.3, -0.25) is 0 Å². The predicted molar refractivity (Wildman–Crippen MR) is 149 cm³/mol. The molecule has 0 aliphatic heterocycles. The second-order valence-electron chi connectivity index (χ2n) is 10.7. The Morgan fingerprint density at radius 1 is 0.424 bits per heavy atom. The summed E-state index contributed by atoms with van der Waals surface area (Å²) in [7, 11) is 0. The molecule has 0 aliphatic carbocycles. The van der Waals surface area contributed by atoms with Gasteiger partial charge in [-0.1, -0.05) is 118 Å². The van der Waals surface area contributed by atoms with Gasteiger partial charge in [0, 0.05) is 5.41 Å². The molecule has 0 N–H and O–H groups in total. The molecule has 0 amide bonds. The molecule has 2 aromatic carbocycles. The van der Waals surface area contributed by atoms with Crippen molar-refractivity contribution in [3.05, 3.63) is 68.8 Å². The summed E-state index contributed by atoms with van der Waals surface area (Å²) in [5.41, 5.74) is 12.8. The Kier molecular flexibility index (Phi) is 11.2. The normalized spacial score (nSPS) is 11.9. The highest BCUT2D eigenvalue weighted by molar-refractivity contribution is 5.50. The molecule has 0 bridgehead atoms. The standard InChI is InChI=1S/C33H52/c1-9-15-25-21-29(22-26(16-10-2)31(25)19-13-5)33(7,8)30-23-27(17-11-3)32(20-14-6)28(24-30)18-12-4/h21-24H,9-20H2,1-8H3. The van der Waals surface area contributed by atoms with Gasteiger partial charge in [0.2, 0.25) is 0 Å². The average Bonchev–Trinajstić information content (AvgIpc) is 2.78. The van der Waals surface area contributed by atoms with Crippen LogP contribution in [0.1, 0.15) is 138 Å². The molecule has 0 aliphatic rings. The molecule has 0 saturated heterocycles. The molecule has 0 heterocycles. The molecule has 184 valence electrons. The van der Waals surface area contributed by atoms with Gasteiger partial charge in [-0.15, -0.1) is 0 Å². The Labute approximate surface area is 206 Å². The third-order valence-electron chi connectivity index (χ3n) is 7.39. The number of hydrogen-bond donors (Lipinski definition) is 0. The van der Waals surface area contributed by atoms with Crippen molar-refractivity contribution in [1.29, 1.82) is 0 Å². The first-order valence-corrected chi connectivity index (χ1v) is 14.2. The van der Waals surface area contributed by atoms with Crippen LogP contribution >= 0.6 is 0 Å². The number of hydrogen-bond acceptors (Lipinski definition) is 0. The van der Waals surface area contributed by atoms with Gasteiger partial charge in [0.25, 0.3) is 0 Å². The summed E-state index contributed by atoms with van der Waals surface area (Å²) in [6.07, 6.45) is 14.6. The minimum atomic E-state index is 0.0193. The van der Waals surface area contributed by atoms with Gasteiger partial charge in [0.1, 0.15) is 0 Å². The van der Waals surface area contributed by atoms with Gasteiger partial charge >= 0.3 is 0 Å². The summed E-state index contributed by atoms with van der Waals surface area (Å²) in [5.74, 6) is 0. The van der Waals surface area contributed by atoms with Crippen molar-refractivity contribution in [2.75, 3.05) is 0 Å². The zero-order chi connectivity index (χ0) is 24.4. The monoisotopic (exact) mass is 448 g/mol. The first-order chi connectivity index (χ1) is 15.9. The molecule has 2 aromatic rings. The highest BCUT2D eigenvalue weighted by Crippen LogP contribution is 2.37. The van der Waals surface area contributed by atoms with Crippen LogP contribution < -0.4 is 0 Å². The molecule has 0 heteroatoms. The Morgan fingerprint density at radius 3 is 0.879 bits per heavy atom. The summed E-state index contributed by atoms with van der Waals surface area (Å²) in [6, 6.07) is 10.3. The van der Waals surface area contributed by atoms with E-state index in [9.17, 15) is 0 Å². The van der Waals surface area contributed by atoms with Crippen LogP contribution in [0.2, 0.25) is 0 Å². The maximum Gasteiger partial charge on any atom is 0.0146 e. The van der Waals surface area contributed by atoms with E-state index in [-0.39, 0.29) is 5.41 Å². The van der Waals surface area contributed by atoms with Crippen LogP contribution in [0, 0.1) is 0 Å². The van der Waals surface area contributed by atoms with E-state index in [0.29, 0.717) is 0 Å². The van der Waals surface area contributed by atoms with Crippen molar-refractivity contribution in [2.45, 2.75) is 138 Å². The molecule has 0 fully saturated rings. The van der Waals surface area contributed by atoms with Crippen molar-refractivity contribution < 1.29 is 0 Å². The second-order valence-corrected chi connectivity index (χ2v) is 10.7. The lowest BCUT2D eigenvalue weighted by atomic mass is 9.73. The van der Waals surface area contributed by atoms with E-state index in [0.717, 1.165) is 0 Å². The van der Waals surface area contributed by atoms with Crippen LogP contribution in [-0.2, 0) is 43.9 Å². The van der Waals surface area contributed by atoms with Crippen molar-refractivity contribution in [3.8, 4) is 0 Å². The Morgan fingerprint density at radius 2 is 0.667 bits per heavy atom. The van der Waals surface area contributed by atoms with Gasteiger partial charge in [-0.05, 0) is 83.0 Å². The van der Waals surface area contributed by atoms with Crippen molar-refractivity contribution in [2.24, 2.45) is 0 Å². The third kappa shape index (κ3) is 6.74. The largest absolute Gasteiger partial charge is 0.0651 e. The van der Waals surface area contributed by atoms with E-state index in [1.165, 1.54) is 88.2 Å². The van der Waals surface area contributed by atoms with Crippen LogP contribution in [0.3, 0.4) is 0 Å². The fraction of sp³-hybridized carbons (Fsp3) is 0.636. The maximum absolute atomic E-state index is 2.58. The van der Waals surface area contributed by atoms with Crippen LogP contribution in [-0.4, -0.2) is 0 Å². The molecular formula is C33H52. The predicted octanol–water partition coefficient (Wildman–Crippen LogP) is 9.73. The Hall–Kier alpha value is -1.56. The lowest BCUT2D eigenvalue weighted by Gasteiger charge is -2.31. The summed E-state index contributed by atoms with van der Waals surface area (Å²) in [5, 5.41) is 0. The zero-order valence-corrected chi connectivity index (χ0v) is 23.3. The van der Waals surface area contributed by atoms with Gasteiger partial charge in [-0.2, -0.15) is 0 Å². The minimum Gasteiger partial charge on any atom is -0.0651 e. The fourth-order valence-corrected chi connectivity index (χ4v) is 5.60. The van der Waals surface area contributed by atoms with Crippen LogP contribution in [0.15, 0.2) is 24.3 Å². The summed E-state index contributed by atoms with van der Waals surface area (Å²) >= 11 is 0. The van der Waals surface area contributed by atoms with E-state index >= 15 is 0 Å². The van der Waals surface area contributed by atoms with E-state index in [4.69, 9.17) is 0 Å². The third-order valence-corrected chi connectivity index (χ3v) is 7.39. The Balaban J connectivity index is 2.70. The highest BCUT2D eigenvalue weighted by Gasteiger charge is 2.27.